The summed E-state index contributed by atoms with van der Waals surface area (Å²) in [4.78, 5) is 28.0. The number of piperidine rings is 1. The van der Waals surface area contributed by atoms with Crippen LogP contribution in [0.1, 0.15) is 29.6 Å². The Bertz CT molecular complexity index is 1020. The Kier molecular flexibility index (Phi) is 6.15. The molecule has 1 fully saturated rings. The zero-order chi connectivity index (χ0) is 20.2. The van der Waals surface area contributed by atoms with Crippen LogP contribution in [0.5, 0.6) is 0 Å². The average Bonchev–Trinajstić information content (AvgIpc) is 3.16. The van der Waals surface area contributed by atoms with Gasteiger partial charge in [-0.05, 0) is 37.7 Å². The van der Waals surface area contributed by atoms with Crippen LogP contribution in [0.25, 0.3) is 11.0 Å². The summed E-state index contributed by atoms with van der Waals surface area (Å²) in [7, 11) is 0. The van der Waals surface area contributed by atoms with E-state index in [-0.39, 0.29) is 11.1 Å². The summed E-state index contributed by atoms with van der Waals surface area (Å²) in [6.45, 7) is 2.91. The van der Waals surface area contributed by atoms with Crippen LogP contribution >= 0.6 is 23.4 Å². The number of thioether (sulfide) groups is 1. The lowest BCUT2D eigenvalue weighted by Crippen LogP contribution is -2.30. The van der Waals surface area contributed by atoms with E-state index in [0.717, 1.165) is 35.1 Å². The zero-order valence-corrected chi connectivity index (χ0v) is 17.7. The number of amides is 1. The largest absolute Gasteiger partial charge is 0.356 e. The zero-order valence-electron chi connectivity index (χ0n) is 16.1. The lowest BCUT2D eigenvalue weighted by Gasteiger charge is -2.28. The fourth-order valence-electron chi connectivity index (χ4n) is 3.45. The maximum atomic E-state index is 12.3. The molecule has 0 aromatic carbocycles. The fourth-order valence-corrected chi connectivity index (χ4v) is 4.01. The molecule has 0 spiro atoms. The van der Waals surface area contributed by atoms with Gasteiger partial charge in [-0.15, -0.1) is 0 Å². The van der Waals surface area contributed by atoms with Crippen molar-refractivity contribution >= 4 is 46.1 Å². The normalized spacial score (nSPS) is 14.3. The smallest absolute Gasteiger partial charge is 0.254 e. The van der Waals surface area contributed by atoms with Crippen LogP contribution in [0, 0.1) is 0 Å². The topological polar surface area (TPSA) is 88.8 Å². The quantitative estimate of drug-likeness (QED) is 0.364. The van der Waals surface area contributed by atoms with Crippen molar-refractivity contribution in [2.24, 2.45) is 0 Å². The summed E-state index contributed by atoms with van der Waals surface area (Å²) in [5.41, 5.74) is 1.15. The maximum absolute atomic E-state index is 12.3. The third-order valence-electron chi connectivity index (χ3n) is 4.91. The van der Waals surface area contributed by atoms with Gasteiger partial charge < -0.3 is 10.2 Å². The van der Waals surface area contributed by atoms with Crippen LogP contribution in [0.2, 0.25) is 5.15 Å². The van der Waals surface area contributed by atoms with Crippen molar-refractivity contribution in [2.45, 2.75) is 31.0 Å². The van der Waals surface area contributed by atoms with Crippen molar-refractivity contribution < 1.29 is 4.79 Å². The van der Waals surface area contributed by atoms with Gasteiger partial charge in [-0.25, -0.2) is 19.6 Å². The van der Waals surface area contributed by atoms with E-state index < -0.39 is 0 Å². The Balaban J connectivity index is 1.52. The molecule has 10 heteroatoms. The van der Waals surface area contributed by atoms with Gasteiger partial charge in [0.25, 0.3) is 5.91 Å². The molecule has 0 bridgehead atoms. The highest BCUT2D eigenvalue weighted by atomic mass is 35.5. The molecule has 0 radical (unpaired) electrons. The second kappa shape index (κ2) is 8.96. The minimum absolute atomic E-state index is 0.193. The number of hydrogen-bond donors (Lipinski definition) is 1. The third-order valence-corrected chi connectivity index (χ3v) is 5.76. The number of pyridine rings is 1. The Morgan fingerprint density at radius 1 is 1.28 bits per heavy atom. The number of nitrogens with one attached hydrogen (secondary N) is 1. The van der Waals surface area contributed by atoms with Crippen molar-refractivity contribution in [2.75, 3.05) is 30.8 Å². The summed E-state index contributed by atoms with van der Waals surface area (Å²) in [5.74, 6) is 0.699. The molecule has 0 atom stereocenters. The van der Waals surface area contributed by atoms with E-state index in [1.165, 1.54) is 31.0 Å². The lowest BCUT2D eigenvalue weighted by molar-refractivity contribution is 0.0952. The van der Waals surface area contributed by atoms with Gasteiger partial charge in [0.05, 0.1) is 23.7 Å². The Morgan fingerprint density at radius 3 is 2.86 bits per heavy atom. The number of nitrogens with zero attached hydrogens (tertiary/aromatic N) is 6. The van der Waals surface area contributed by atoms with Crippen LogP contribution in [-0.4, -0.2) is 56.5 Å². The first-order valence-electron chi connectivity index (χ1n) is 9.58. The molecule has 1 aliphatic rings. The molecular weight excluding hydrogens is 410 g/mol. The predicted molar refractivity (Wildman–Crippen MR) is 115 cm³/mol. The molecule has 1 amide bonds. The second-order valence-corrected chi connectivity index (χ2v) is 7.92. The molecule has 1 saturated heterocycles. The number of hydrogen-bond acceptors (Lipinski definition) is 7. The van der Waals surface area contributed by atoms with Gasteiger partial charge in [0.15, 0.2) is 10.8 Å². The molecule has 0 unspecified atom stereocenters. The monoisotopic (exact) mass is 431 g/mol. The first-order valence-corrected chi connectivity index (χ1v) is 11.2. The molecule has 0 saturated carbocycles. The van der Waals surface area contributed by atoms with Gasteiger partial charge in [-0.2, -0.15) is 5.10 Å². The Labute approximate surface area is 178 Å². The number of carbonyl (C=O) groups is 1. The van der Waals surface area contributed by atoms with Crippen molar-refractivity contribution in [3.05, 3.63) is 35.2 Å². The van der Waals surface area contributed by atoms with Gasteiger partial charge >= 0.3 is 0 Å². The van der Waals surface area contributed by atoms with E-state index >= 15 is 0 Å². The lowest BCUT2D eigenvalue weighted by atomic mass is 10.1. The molecule has 4 heterocycles. The second-order valence-electron chi connectivity index (χ2n) is 6.78. The van der Waals surface area contributed by atoms with Crippen LogP contribution < -0.4 is 10.2 Å². The molecule has 4 rings (SSSR count). The molecule has 29 heavy (non-hydrogen) atoms. The van der Waals surface area contributed by atoms with E-state index in [2.05, 4.69) is 25.3 Å². The van der Waals surface area contributed by atoms with Crippen LogP contribution in [-0.2, 0) is 6.54 Å². The first kappa shape index (κ1) is 19.9. The standard InChI is InChI=1S/C19H22ClN7OS/c1-29-19-24-16(26-9-3-2-4-10-26)14-12-23-27(17(14)25-19)11-8-22-18(28)13-6-5-7-21-15(13)20/h5-7,12H,2-4,8-11H2,1H3,(H,22,28). The van der Waals surface area contributed by atoms with Crippen molar-refractivity contribution in [1.29, 1.82) is 0 Å². The molecule has 1 aliphatic heterocycles. The number of halogens is 1. The molecular formula is C19H22ClN7OS. The Hall–Kier alpha value is -2.39. The van der Waals surface area contributed by atoms with E-state index in [0.29, 0.717) is 18.7 Å². The van der Waals surface area contributed by atoms with Crippen molar-refractivity contribution in [3.8, 4) is 0 Å². The molecule has 8 nitrogen and oxygen atoms in total. The fraction of sp³-hybridized carbons (Fsp3) is 0.421. The SMILES string of the molecule is CSc1nc(N2CCCCC2)c2cnn(CCNC(=O)c3cccnc3Cl)c2n1. The highest BCUT2D eigenvalue weighted by Crippen LogP contribution is 2.28. The minimum Gasteiger partial charge on any atom is -0.356 e. The van der Waals surface area contributed by atoms with Gasteiger partial charge in [-0.3, -0.25) is 4.79 Å². The van der Waals surface area contributed by atoms with Gasteiger partial charge in [-0.1, -0.05) is 23.4 Å². The third kappa shape index (κ3) is 4.30. The van der Waals surface area contributed by atoms with Gasteiger partial charge in [0, 0.05) is 25.8 Å². The number of aromatic nitrogens is 5. The first-order chi connectivity index (χ1) is 14.2. The van der Waals surface area contributed by atoms with Crippen LogP contribution in [0.4, 0.5) is 5.82 Å². The Morgan fingerprint density at radius 2 is 2.10 bits per heavy atom. The summed E-state index contributed by atoms with van der Waals surface area (Å²) >= 11 is 7.51. The maximum Gasteiger partial charge on any atom is 0.254 e. The molecule has 3 aromatic rings. The van der Waals surface area contributed by atoms with Crippen LogP contribution in [0.3, 0.4) is 0 Å². The number of fused-ring (bicyclic) bond motifs is 1. The highest BCUT2D eigenvalue weighted by Gasteiger charge is 2.19. The van der Waals surface area contributed by atoms with E-state index in [1.807, 2.05) is 17.1 Å². The van der Waals surface area contributed by atoms with E-state index in [9.17, 15) is 4.79 Å². The van der Waals surface area contributed by atoms with Gasteiger partial charge in [0.2, 0.25) is 0 Å². The summed E-state index contributed by atoms with van der Waals surface area (Å²) < 4.78 is 1.81. The molecule has 152 valence electrons. The number of rotatable bonds is 6. The molecule has 3 aromatic heterocycles. The summed E-state index contributed by atoms with van der Waals surface area (Å²) in [6, 6.07) is 3.33. The predicted octanol–water partition coefficient (Wildman–Crippen LogP) is 3.02. The van der Waals surface area contributed by atoms with Crippen molar-refractivity contribution in [3.63, 3.8) is 0 Å². The van der Waals surface area contributed by atoms with E-state index in [1.54, 1.807) is 18.3 Å². The highest BCUT2D eigenvalue weighted by molar-refractivity contribution is 7.98. The summed E-state index contributed by atoms with van der Waals surface area (Å²) in [6.07, 6.45) is 8.97. The number of carbonyl (C=O) groups excluding carboxylic acids is 1. The molecule has 1 N–H and O–H groups in total. The average molecular weight is 432 g/mol. The number of anilines is 1. The van der Waals surface area contributed by atoms with E-state index in [4.69, 9.17) is 16.6 Å². The minimum atomic E-state index is -0.256. The van der Waals surface area contributed by atoms with Gasteiger partial charge in [0.1, 0.15) is 11.0 Å². The summed E-state index contributed by atoms with van der Waals surface area (Å²) in [5, 5.41) is 9.24. The molecule has 0 aliphatic carbocycles. The van der Waals surface area contributed by atoms with Crippen molar-refractivity contribution in [1.82, 2.24) is 30.0 Å². The van der Waals surface area contributed by atoms with Crippen LogP contribution in [0.15, 0.2) is 29.7 Å².